The molecular weight excluding hydrogens is 236 g/mol. The zero-order valence-corrected chi connectivity index (χ0v) is 11.6. The van der Waals surface area contributed by atoms with E-state index in [-0.39, 0.29) is 5.41 Å². The lowest BCUT2D eigenvalue weighted by molar-refractivity contribution is 0.113. The van der Waals surface area contributed by atoms with Crippen LogP contribution < -0.4 is 5.32 Å². The van der Waals surface area contributed by atoms with Crippen molar-refractivity contribution in [3.8, 4) is 0 Å². The Bertz CT molecular complexity index is 257. The molecule has 17 heavy (non-hydrogen) atoms. The summed E-state index contributed by atoms with van der Waals surface area (Å²) in [6, 6.07) is 0. The van der Waals surface area contributed by atoms with Crippen LogP contribution in [-0.4, -0.2) is 66.6 Å². The molecule has 1 unspecified atom stereocenters. The van der Waals surface area contributed by atoms with E-state index in [2.05, 4.69) is 17.1 Å². The van der Waals surface area contributed by atoms with Gasteiger partial charge in [0.15, 0.2) is 0 Å². The topological polar surface area (TPSA) is 41.6 Å². The Hall–Kier alpha value is 0.0300. The molecule has 100 valence electrons. The van der Waals surface area contributed by atoms with Gasteiger partial charge < -0.3 is 15.0 Å². The van der Waals surface area contributed by atoms with Gasteiger partial charge >= 0.3 is 0 Å². The molecule has 2 aliphatic heterocycles. The first-order chi connectivity index (χ1) is 8.24. The fraction of sp³-hybridized carbons (Fsp3) is 1.00. The van der Waals surface area contributed by atoms with Crippen molar-refractivity contribution in [2.24, 2.45) is 5.41 Å². The molecule has 0 saturated carbocycles. The highest BCUT2D eigenvalue weighted by molar-refractivity contribution is 7.85. The third-order valence-corrected chi connectivity index (χ3v) is 5.04. The number of nitrogens with one attached hydrogen (secondary N) is 1. The summed E-state index contributed by atoms with van der Waals surface area (Å²) in [6.07, 6.45) is 1.15. The molecule has 2 rings (SSSR count). The SMILES string of the molecule is CCNCC1(CN2CCS(=O)CC2)CCOC1. The molecule has 0 spiro atoms. The fourth-order valence-corrected chi connectivity index (χ4v) is 3.80. The molecule has 0 aromatic heterocycles. The van der Waals surface area contributed by atoms with Crippen LogP contribution in [0.25, 0.3) is 0 Å². The predicted octanol–water partition coefficient (Wildman–Crippen LogP) is 0.0669. The Labute approximate surface area is 107 Å². The van der Waals surface area contributed by atoms with Crippen molar-refractivity contribution in [3.05, 3.63) is 0 Å². The molecule has 0 radical (unpaired) electrons. The van der Waals surface area contributed by atoms with Gasteiger partial charge in [0.1, 0.15) is 0 Å². The second-order valence-corrected chi connectivity index (χ2v) is 6.90. The van der Waals surface area contributed by atoms with Crippen molar-refractivity contribution in [1.82, 2.24) is 10.2 Å². The summed E-state index contributed by atoms with van der Waals surface area (Å²) < 4.78 is 16.9. The summed E-state index contributed by atoms with van der Waals surface area (Å²) >= 11 is 0. The second kappa shape index (κ2) is 6.27. The molecule has 2 saturated heterocycles. The van der Waals surface area contributed by atoms with Crippen LogP contribution in [0.4, 0.5) is 0 Å². The highest BCUT2D eigenvalue weighted by Gasteiger charge is 2.36. The molecule has 0 aromatic rings. The maximum atomic E-state index is 11.3. The number of rotatable bonds is 5. The van der Waals surface area contributed by atoms with Crippen LogP contribution in [0.1, 0.15) is 13.3 Å². The van der Waals surface area contributed by atoms with Gasteiger partial charge in [-0.1, -0.05) is 6.92 Å². The number of hydrogen-bond acceptors (Lipinski definition) is 4. The molecule has 5 heteroatoms. The summed E-state index contributed by atoms with van der Waals surface area (Å²) in [4.78, 5) is 2.47. The lowest BCUT2D eigenvalue weighted by Crippen LogP contribution is -2.48. The van der Waals surface area contributed by atoms with Crippen LogP contribution in [0.3, 0.4) is 0 Å². The molecule has 0 amide bonds. The first-order valence-corrected chi connectivity index (χ1v) is 8.09. The summed E-state index contributed by atoms with van der Waals surface area (Å²) in [6.45, 7) is 9.05. The first kappa shape index (κ1) is 13.5. The standard InChI is InChI=1S/C12H24N2O2S/c1-2-13-9-12(3-6-16-11-12)10-14-4-7-17(15)8-5-14/h13H,2-11H2,1H3. The minimum absolute atomic E-state index is 0.287. The van der Waals surface area contributed by atoms with Crippen LogP contribution in [0.5, 0.6) is 0 Å². The monoisotopic (exact) mass is 260 g/mol. The maximum absolute atomic E-state index is 11.3. The Morgan fingerprint density at radius 3 is 2.76 bits per heavy atom. The Morgan fingerprint density at radius 2 is 2.18 bits per heavy atom. The number of ether oxygens (including phenoxy) is 1. The van der Waals surface area contributed by atoms with Crippen molar-refractivity contribution in [2.75, 3.05) is 57.4 Å². The van der Waals surface area contributed by atoms with E-state index < -0.39 is 10.8 Å². The Kier molecular flexibility index (Phi) is 4.97. The van der Waals surface area contributed by atoms with Gasteiger partial charge in [0.2, 0.25) is 0 Å². The van der Waals surface area contributed by atoms with Gasteiger partial charge in [-0.2, -0.15) is 0 Å². The second-order valence-electron chi connectivity index (χ2n) is 5.21. The Balaban J connectivity index is 1.86. The summed E-state index contributed by atoms with van der Waals surface area (Å²) in [5.41, 5.74) is 0.287. The quantitative estimate of drug-likeness (QED) is 0.759. The van der Waals surface area contributed by atoms with Crippen molar-refractivity contribution in [3.63, 3.8) is 0 Å². The number of hydrogen-bond donors (Lipinski definition) is 1. The van der Waals surface area contributed by atoms with Gasteiger partial charge in [0.25, 0.3) is 0 Å². The van der Waals surface area contributed by atoms with Gasteiger partial charge in [-0.25, -0.2) is 0 Å². The fourth-order valence-electron chi connectivity index (χ4n) is 2.67. The molecule has 0 bridgehead atoms. The molecule has 0 aromatic carbocycles. The van der Waals surface area contributed by atoms with E-state index in [1.165, 1.54) is 0 Å². The third kappa shape index (κ3) is 3.74. The van der Waals surface area contributed by atoms with Gasteiger partial charge in [-0.3, -0.25) is 4.21 Å². The predicted molar refractivity (Wildman–Crippen MR) is 70.7 cm³/mol. The molecule has 0 aliphatic carbocycles. The largest absolute Gasteiger partial charge is 0.381 e. The average Bonchev–Trinajstić information content (AvgIpc) is 2.79. The molecule has 2 fully saturated rings. The van der Waals surface area contributed by atoms with E-state index >= 15 is 0 Å². The van der Waals surface area contributed by atoms with E-state index in [0.717, 1.165) is 63.9 Å². The van der Waals surface area contributed by atoms with Crippen LogP contribution in [-0.2, 0) is 15.5 Å². The molecule has 2 aliphatic rings. The van der Waals surface area contributed by atoms with Gasteiger partial charge in [-0.05, 0) is 13.0 Å². The maximum Gasteiger partial charge on any atom is 0.0547 e. The van der Waals surface area contributed by atoms with Crippen LogP contribution in [0, 0.1) is 5.41 Å². The van der Waals surface area contributed by atoms with E-state index in [1.807, 2.05) is 0 Å². The minimum atomic E-state index is -0.571. The molecule has 4 nitrogen and oxygen atoms in total. The van der Waals surface area contributed by atoms with Gasteiger partial charge in [-0.15, -0.1) is 0 Å². The first-order valence-electron chi connectivity index (χ1n) is 6.60. The smallest absolute Gasteiger partial charge is 0.0547 e. The van der Waals surface area contributed by atoms with Crippen molar-refractivity contribution < 1.29 is 8.95 Å². The van der Waals surface area contributed by atoms with Crippen LogP contribution in [0.15, 0.2) is 0 Å². The molecule has 1 atom stereocenters. The molecule has 1 N–H and O–H groups in total. The Morgan fingerprint density at radius 1 is 1.41 bits per heavy atom. The van der Waals surface area contributed by atoms with Crippen molar-refractivity contribution in [2.45, 2.75) is 13.3 Å². The lowest BCUT2D eigenvalue weighted by Gasteiger charge is -2.36. The van der Waals surface area contributed by atoms with E-state index in [4.69, 9.17) is 4.74 Å². The van der Waals surface area contributed by atoms with Gasteiger partial charge in [0.05, 0.1) is 6.61 Å². The number of nitrogens with zero attached hydrogens (tertiary/aromatic N) is 1. The molecular formula is C12H24N2O2S. The van der Waals surface area contributed by atoms with E-state index in [9.17, 15) is 4.21 Å². The van der Waals surface area contributed by atoms with E-state index in [1.54, 1.807) is 0 Å². The summed E-state index contributed by atoms with van der Waals surface area (Å²) in [5.74, 6) is 1.69. The normalized spacial score (nSPS) is 32.1. The lowest BCUT2D eigenvalue weighted by atomic mass is 9.86. The third-order valence-electron chi connectivity index (χ3n) is 3.76. The zero-order chi connectivity index (χ0) is 12.1. The van der Waals surface area contributed by atoms with Crippen LogP contribution >= 0.6 is 0 Å². The van der Waals surface area contributed by atoms with Gasteiger partial charge in [0, 0.05) is 60.5 Å². The minimum Gasteiger partial charge on any atom is -0.381 e. The molecule has 2 heterocycles. The highest BCUT2D eigenvalue weighted by Crippen LogP contribution is 2.29. The van der Waals surface area contributed by atoms with Crippen LogP contribution in [0.2, 0.25) is 0 Å². The van der Waals surface area contributed by atoms with Crippen molar-refractivity contribution >= 4 is 10.8 Å². The summed E-state index contributed by atoms with van der Waals surface area (Å²) in [5, 5.41) is 3.46. The van der Waals surface area contributed by atoms with E-state index in [0.29, 0.717) is 0 Å². The highest BCUT2D eigenvalue weighted by atomic mass is 32.2. The summed E-state index contributed by atoms with van der Waals surface area (Å²) in [7, 11) is -0.571. The zero-order valence-electron chi connectivity index (χ0n) is 10.7. The van der Waals surface area contributed by atoms with Crippen molar-refractivity contribution in [1.29, 1.82) is 0 Å². The average molecular weight is 260 g/mol.